The number of phenolic OH excluding ortho intramolecular Hbond substituents is 1. The highest BCUT2D eigenvalue weighted by molar-refractivity contribution is 9.10. The maximum absolute atomic E-state index is 12.4. The van der Waals surface area contributed by atoms with Crippen LogP contribution in [0.15, 0.2) is 24.3 Å². The van der Waals surface area contributed by atoms with E-state index in [-0.39, 0.29) is 11.7 Å². The second kappa shape index (κ2) is 4.92. The zero-order valence-corrected chi connectivity index (χ0v) is 12.3. The number of phenols is 1. The van der Waals surface area contributed by atoms with Crippen molar-refractivity contribution in [2.24, 2.45) is 0 Å². The Morgan fingerprint density at radius 1 is 1.50 bits per heavy atom. The van der Waals surface area contributed by atoms with Crippen molar-refractivity contribution in [3.05, 3.63) is 29.8 Å². The van der Waals surface area contributed by atoms with E-state index in [0.717, 1.165) is 18.4 Å². The molecule has 1 saturated carbocycles. The number of hydrogen-bond donors (Lipinski definition) is 1. The van der Waals surface area contributed by atoms with Gasteiger partial charge in [0.25, 0.3) is 0 Å². The molecule has 0 aliphatic heterocycles. The Bertz CT molecular complexity index is 449. The van der Waals surface area contributed by atoms with E-state index in [2.05, 4.69) is 15.9 Å². The third kappa shape index (κ3) is 3.25. The lowest BCUT2D eigenvalue weighted by Crippen LogP contribution is -2.42. The number of amides is 1. The third-order valence-electron chi connectivity index (χ3n) is 3.02. The number of halogens is 1. The summed E-state index contributed by atoms with van der Waals surface area (Å²) in [6.45, 7) is 4.30. The van der Waals surface area contributed by atoms with E-state index in [1.165, 1.54) is 0 Å². The second-order valence-corrected chi connectivity index (χ2v) is 7.29. The van der Waals surface area contributed by atoms with Gasteiger partial charge in [0, 0.05) is 12.6 Å². The first-order valence-corrected chi connectivity index (χ1v) is 6.95. The zero-order chi connectivity index (χ0) is 13.3. The van der Waals surface area contributed by atoms with Gasteiger partial charge in [0.05, 0.1) is 4.32 Å². The van der Waals surface area contributed by atoms with Crippen molar-refractivity contribution in [3.63, 3.8) is 0 Å². The molecule has 1 aromatic rings. The fraction of sp³-hybridized carbons (Fsp3) is 0.500. The lowest BCUT2D eigenvalue weighted by molar-refractivity contribution is -0.134. The van der Waals surface area contributed by atoms with Crippen LogP contribution in [0, 0.1) is 0 Å². The number of nitrogens with zero attached hydrogens (tertiary/aromatic N) is 1. The largest absolute Gasteiger partial charge is 0.508 e. The summed E-state index contributed by atoms with van der Waals surface area (Å²) >= 11 is 3.43. The molecular weight excluding hydrogens is 294 g/mol. The first kappa shape index (κ1) is 13.4. The molecule has 0 bridgehead atoms. The number of hydrogen-bond acceptors (Lipinski definition) is 2. The molecule has 98 valence electrons. The third-order valence-corrected chi connectivity index (χ3v) is 3.36. The van der Waals surface area contributed by atoms with Crippen molar-refractivity contribution < 1.29 is 9.90 Å². The molecule has 0 atom stereocenters. The lowest BCUT2D eigenvalue weighted by atomic mass is 10.1. The molecule has 3 nitrogen and oxygen atoms in total. The molecule has 0 saturated heterocycles. The number of carbonyl (C=O) groups is 1. The molecule has 4 heteroatoms. The van der Waals surface area contributed by atoms with Crippen molar-refractivity contribution in [2.45, 2.75) is 43.6 Å². The Morgan fingerprint density at radius 2 is 2.17 bits per heavy atom. The first-order valence-electron chi connectivity index (χ1n) is 6.16. The van der Waals surface area contributed by atoms with E-state index in [0.29, 0.717) is 12.6 Å². The molecule has 0 spiro atoms. The molecule has 0 heterocycles. The van der Waals surface area contributed by atoms with Crippen LogP contribution in [-0.2, 0) is 11.3 Å². The van der Waals surface area contributed by atoms with Gasteiger partial charge in [-0.1, -0.05) is 28.1 Å². The number of benzene rings is 1. The summed E-state index contributed by atoms with van der Waals surface area (Å²) in [5.41, 5.74) is 0.965. The summed E-state index contributed by atoms with van der Waals surface area (Å²) in [7, 11) is 0. The van der Waals surface area contributed by atoms with Crippen LogP contribution < -0.4 is 0 Å². The van der Waals surface area contributed by atoms with Crippen molar-refractivity contribution in [1.29, 1.82) is 0 Å². The normalized spacial score (nSPS) is 15.5. The minimum atomic E-state index is -0.535. The zero-order valence-electron chi connectivity index (χ0n) is 10.7. The number of rotatable bonds is 4. The molecule has 1 aromatic carbocycles. The average molecular weight is 312 g/mol. The predicted octanol–water partition coefficient (Wildman–Crippen LogP) is 3.06. The van der Waals surface area contributed by atoms with Crippen molar-refractivity contribution in [2.75, 3.05) is 0 Å². The van der Waals surface area contributed by atoms with E-state index in [9.17, 15) is 9.90 Å². The lowest BCUT2D eigenvalue weighted by Gasteiger charge is -2.28. The molecule has 1 N–H and O–H groups in total. The highest BCUT2D eigenvalue weighted by atomic mass is 79.9. The second-order valence-electron chi connectivity index (χ2n) is 5.31. The molecule has 0 unspecified atom stereocenters. The Labute approximate surface area is 116 Å². The maximum Gasteiger partial charge on any atom is 0.239 e. The Morgan fingerprint density at radius 3 is 2.67 bits per heavy atom. The van der Waals surface area contributed by atoms with Gasteiger partial charge in [-0.2, -0.15) is 0 Å². The summed E-state index contributed by atoms with van der Waals surface area (Å²) in [6, 6.07) is 7.45. The molecule has 1 aliphatic rings. The summed E-state index contributed by atoms with van der Waals surface area (Å²) in [6.07, 6.45) is 2.15. The number of carbonyl (C=O) groups excluding carboxylic acids is 1. The van der Waals surface area contributed by atoms with Gasteiger partial charge in [0.15, 0.2) is 0 Å². The van der Waals surface area contributed by atoms with Crippen molar-refractivity contribution in [1.82, 2.24) is 4.90 Å². The van der Waals surface area contributed by atoms with Crippen LogP contribution in [0.3, 0.4) is 0 Å². The Balaban J connectivity index is 2.14. The van der Waals surface area contributed by atoms with Crippen LogP contribution >= 0.6 is 15.9 Å². The monoisotopic (exact) mass is 311 g/mol. The molecular formula is C14H18BrNO2. The molecule has 0 radical (unpaired) electrons. The highest BCUT2D eigenvalue weighted by Crippen LogP contribution is 2.32. The smallest absolute Gasteiger partial charge is 0.239 e. The van der Waals surface area contributed by atoms with Crippen LogP contribution in [0.25, 0.3) is 0 Å². The van der Waals surface area contributed by atoms with Gasteiger partial charge >= 0.3 is 0 Å². The fourth-order valence-corrected chi connectivity index (χ4v) is 2.17. The van der Waals surface area contributed by atoms with Crippen LogP contribution in [0.2, 0.25) is 0 Å². The molecule has 1 aliphatic carbocycles. The highest BCUT2D eigenvalue weighted by Gasteiger charge is 2.38. The van der Waals surface area contributed by atoms with E-state index < -0.39 is 4.32 Å². The van der Waals surface area contributed by atoms with Crippen molar-refractivity contribution in [3.8, 4) is 5.75 Å². The number of aromatic hydroxyl groups is 1. The van der Waals surface area contributed by atoms with E-state index in [1.54, 1.807) is 18.2 Å². The quantitative estimate of drug-likeness (QED) is 0.868. The average Bonchev–Trinajstić information content (AvgIpc) is 3.07. The molecule has 18 heavy (non-hydrogen) atoms. The van der Waals surface area contributed by atoms with Crippen LogP contribution in [-0.4, -0.2) is 26.3 Å². The standard InChI is InChI=1S/C14H18BrNO2/c1-14(2,15)13(18)16(11-6-7-11)9-10-4-3-5-12(17)8-10/h3-5,8,11,17H,6-7,9H2,1-2H3. The summed E-state index contributed by atoms with van der Waals surface area (Å²) in [5.74, 6) is 0.349. The summed E-state index contributed by atoms with van der Waals surface area (Å²) in [5, 5.41) is 9.47. The predicted molar refractivity (Wildman–Crippen MR) is 74.7 cm³/mol. The van der Waals surface area contributed by atoms with Gasteiger partial charge in [-0.3, -0.25) is 4.79 Å². The molecule has 2 rings (SSSR count). The fourth-order valence-electron chi connectivity index (χ4n) is 1.95. The Kier molecular flexibility index (Phi) is 3.66. The van der Waals surface area contributed by atoms with Crippen molar-refractivity contribution >= 4 is 21.8 Å². The van der Waals surface area contributed by atoms with Crippen LogP contribution in [0.4, 0.5) is 0 Å². The van der Waals surface area contributed by atoms with Gasteiger partial charge in [-0.05, 0) is 44.4 Å². The van der Waals surface area contributed by atoms with Gasteiger partial charge in [0.2, 0.25) is 5.91 Å². The van der Waals surface area contributed by atoms with Crippen LogP contribution in [0.1, 0.15) is 32.3 Å². The van der Waals surface area contributed by atoms with Gasteiger partial charge < -0.3 is 10.0 Å². The van der Waals surface area contributed by atoms with E-state index in [1.807, 2.05) is 24.8 Å². The minimum Gasteiger partial charge on any atom is -0.508 e. The summed E-state index contributed by atoms with van der Waals surface area (Å²) < 4.78 is -0.535. The first-order chi connectivity index (χ1) is 8.38. The molecule has 1 fully saturated rings. The Hall–Kier alpha value is -1.03. The minimum absolute atomic E-state index is 0.105. The molecule has 1 amide bonds. The SMILES string of the molecule is CC(C)(Br)C(=O)N(Cc1cccc(O)c1)C1CC1. The summed E-state index contributed by atoms with van der Waals surface area (Å²) in [4.78, 5) is 14.3. The molecule has 0 aromatic heterocycles. The van der Waals surface area contributed by atoms with E-state index in [4.69, 9.17) is 0 Å². The van der Waals surface area contributed by atoms with E-state index >= 15 is 0 Å². The van der Waals surface area contributed by atoms with Gasteiger partial charge in [0.1, 0.15) is 5.75 Å². The van der Waals surface area contributed by atoms with Crippen LogP contribution in [0.5, 0.6) is 5.75 Å². The topological polar surface area (TPSA) is 40.5 Å². The van der Waals surface area contributed by atoms with Gasteiger partial charge in [-0.15, -0.1) is 0 Å². The maximum atomic E-state index is 12.4. The van der Waals surface area contributed by atoms with Gasteiger partial charge in [-0.25, -0.2) is 0 Å². The number of alkyl halides is 1.